The van der Waals surface area contributed by atoms with Gasteiger partial charge < -0.3 is 13.8 Å². The molecule has 3 aromatic carbocycles. The van der Waals surface area contributed by atoms with Crippen molar-refractivity contribution in [3.63, 3.8) is 0 Å². The highest BCUT2D eigenvalue weighted by Crippen LogP contribution is 2.50. The van der Waals surface area contributed by atoms with Crippen LogP contribution < -0.4 is 13.8 Å². The maximum Gasteiger partial charge on any atom is 0.587 e. The SMILES string of the molecule is O=P(Oc1ccccc1)(Oc1ccccc1)O[C@@H](CBr)COc1ccccc1. The van der Waals surface area contributed by atoms with Crippen LogP contribution in [-0.4, -0.2) is 18.0 Å². The molecule has 0 amide bonds. The van der Waals surface area contributed by atoms with Crippen LogP contribution in [0.25, 0.3) is 0 Å². The number of rotatable bonds is 10. The van der Waals surface area contributed by atoms with E-state index in [0.717, 1.165) is 0 Å². The summed E-state index contributed by atoms with van der Waals surface area (Å²) in [5.41, 5.74) is 0. The van der Waals surface area contributed by atoms with Crippen molar-refractivity contribution in [3.05, 3.63) is 91.0 Å². The minimum atomic E-state index is -3.97. The highest BCUT2D eigenvalue weighted by Gasteiger charge is 2.34. The summed E-state index contributed by atoms with van der Waals surface area (Å²) in [5.74, 6) is 1.47. The number of hydrogen-bond donors (Lipinski definition) is 0. The number of para-hydroxylation sites is 3. The van der Waals surface area contributed by atoms with E-state index < -0.39 is 13.9 Å². The summed E-state index contributed by atoms with van der Waals surface area (Å²) in [6, 6.07) is 26.9. The standard InChI is InChI=1S/C21H20BrO5P/c22-16-21(17-24-18-10-4-1-5-11-18)27-28(23,25-19-12-6-2-7-13-19)26-20-14-8-3-9-15-20/h1-15,21H,16-17H2/t21-/m0/s1. The summed E-state index contributed by atoms with van der Waals surface area (Å²) in [4.78, 5) is 0. The highest BCUT2D eigenvalue weighted by atomic mass is 79.9. The van der Waals surface area contributed by atoms with E-state index in [2.05, 4.69) is 15.9 Å². The van der Waals surface area contributed by atoms with Crippen molar-refractivity contribution in [1.29, 1.82) is 0 Å². The van der Waals surface area contributed by atoms with Crippen molar-refractivity contribution in [2.24, 2.45) is 0 Å². The summed E-state index contributed by atoms with van der Waals surface area (Å²) in [7, 11) is -3.97. The lowest BCUT2D eigenvalue weighted by Crippen LogP contribution is -2.24. The molecule has 5 nitrogen and oxygen atoms in total. The van der Waals surface area contributed by atoms with Crippen LogP contribution >= 0.6 is 23.8 Å². The Balaban J connectivity index is 1.73. The van der Waals surface area contributed by atoms with Gasteiger partial charge in [0.25, 0.3) is 0 Å². The lowest BCUT2D eigenvalue weighted by Gasteiger charge is -2.23. The Morgan fingerprint density at radius 3 is 1.57 bits per heavy atom. The normalized spacial score (nSPS) is 12.2. The maximum absolute atomic E-state index is 13.4. The molecule has 1 atom stereocenters. The Hall–Kier alpha value is -2.27. The van der Waals surface area contributed by atoms with Gasteiger partial charge in [0.05, 0.1) is 0 Å². The summed E-state index contributed by atoms with van der Waals surface area (Å²) in [6.45, 7) is 0.176. The van der Waals surface area contributed by atoms with Crippen LogP contribution in [0.2, 0.25) is 0 Å². The predicted octanol–water partition coefficient (Wildman–Crippen LogP) is 6.11. The topological polar surface area (TPSA) is 54.0 Å². The second kappa shape index (κ2) is 10.3. The smallest absolute Gasteiger partial charge is 0.491 e. The second-order valence-electron chi connectivity index (χ2n) is 5.76. The molecule has 0 aromatic heterocycles. The summed E-state index contributed by atoms with van der Waals surface area (Å²) >= 11 is 3.38. The first-order valence-corrected chi connectivity index (χ1v) is 11.3. The van der Waals surface area contributed by atoms with Crippen LogP contribution in [-0.2, 0) is 9.09 Å². The van der Waals surface area contributed by atoms with Crippen LogP contribution in [0.15, 0.2) is 91.0 Å². The molecular formula is C21H20BrO5P. The maximum atomic E-state index is 13.4. The van der Waals surface area contributed by atoms with Gasteiger partial charge >= 0.3 is 7.82 Å². The zero-order valence-corrected chi connectivity index (χ0v) is 17.5. The molecule has 0 heterocycles. The van der Waals surface area contributed by atoms with E-state index in [9.17, 15) is 4.57 Å². The van der Waals surface area contributed by atoms with Crippen LogP contribution in [0.3, 0.4) is 0 Å². The molecule has 0 saturated heterocycles. The quantitative estimate of drug-likeness (QED) is 0.268. The van der Waals surface area contributed by atoms with Crippen molar-refractivity contribution < 1.29 is 22.9 Å². The van der Waals surface area contributed by atoms with E-state index in [1.807, 2.05) is 42.5 Å². The molecule has 0 spiro atoms. The Bertz CT molecular complexity index is 832. The molecule has 3 aromatic rings. The zero-order chi connectivity index (χ0) is 19.7. The van der Waals surface area contributed by atoms with Crippen LogP contribution in [0.5, 0.6) is 17.2 Å². The molecule has 0 aliphatic heterocycles. The van der Waals surface area contributed by atoms with Crippen molar-refractivity contribution in [1.82, 2.24) is 0 Å². The molecule has 0 bridgehead atoms. The Labute approximate surface area is 173 Å². The molecule has 28 heavy (non-hydrogen) atoms. The van der Waals surface area contributed by atoms with Gasteiger partial charge in [-0.3, -0.25) is 4.52 Å². The summed E-state index contributed by atoms with van der Waals surface area (Å²) < 4.78 is 36.1. The first-order chi connectivity index (χ1) is 13.7. The first kappa shape index (κ1) is 20.5. The summed E-state index contributed by atoms with van der Waals surface area (Å²) in [5, 5.41) is 0.389. The third kappa shape index (κ3) is 6.41. The van der Waals surface area contributed by atoms with Crippen LogP contribution in [0.4, 0.5) is 0 Å². The zero-order valence-electron chi connectivity index (χ0n) is 15.0. The number of phosphoric ester groups is 1. The van der Waals surface area contributed by atoms with E-state index in [4.69, 9.17) is 18.3 Å². The van der Waals surface area contributed by atoms with E-state index >= 15 is 0 Å². The fraction of sp³-hybridized carbons (Fsp3) is 0.143. The fourth-order valence-electron chi connectivity index (χ4n) is 2.27. The second-order valence-corrected chi connectivity index (χ2v) is 7.88. The van der Waals surface area contributed by atoms with E-state index in [-0.39, 0.29) is 6.61 Å². The molecule has 0 aliphatic carbocycles. The van der Waals surface area contributed by atoms with E-state index in [0.29, 0.717) is 22.6 Å². The van der Waals surface area contributed by atoms with Gasteiger partial charge in [0.2, 0.25) is 0 Å². The van der Waals surface area contributed by atoms with Gasteiger partial charge in [0.1, 0.15) is 30.0 Å². The number of phosphoric acid groups is 1. The van der Waals surface area contributed by atoms with Gasteiger partial charge in [-0.05, 0) is 36.4 Å². The fourth-order valence-corrected chi connectivity index (χ4v) is 4.18. The van der Waals surface area contributed by atoms with Crippen LogP contribution in [0, 0.1) is 0 Å². The number of ether oxygens (including phenoxy) is 1. The van der Waals surface area contributed by atoms with E-state index in [1.54, 1.807) is 48.5 Å². The molecule has 0 saturated carbocycles. The number of benzene rings is 3. The van der Waals surface area contributed by atoms with Gasteiger partial charge in [-0.2, -0.15) is 0 Å². The van der Waals surface area contributed by atoms with Gasteiger partial charge in [0, 0.05) is 5.33 Å². The van der Waals surface area contributed by atoms with Crippen molar-refractivity contribution in [2.45, 2.75) is 6.10 Å². The van der Waals surface area contributed by atoms with Gasteiger partial charge in [0.15, 0.2) is 0 Å². The molecule has 0 aliphatic rings. The van der Waals surface area contributed by atoms with Gasteiger partial charge in [-0.1, -0.05) is 70.5 Å². The first-order valence-electron chi connectivity index (χ1n) is 8.68. The Morgan fingerprint density at radius 2 is 1.14 bits per heavy atom. The molecule has 7 heteroatoms. The minimum Gasteiger partial charge on any atom is -0.491 e. The molecule has 146 valence electrons. The molecule has 0 fully saturated rings. The average molecular weight is 463 g/mol. The van der Waals surface area contributed by atoms with Crippen molar-refractivity contribution >= 4 is 23.8 Å². The molecular weight excluding hydrogens is 443 g/mol. The molecule has 0 N–H and O–H groups in total. The average Bonchev–Trinajstić information content (AvgIpc) is 2.73. The van der Waals surface area contributed by atoms with Crippen LogP contribution in [0.1, 0.15) is 0 Å². The Kier molecular flexibility index (Phi) is 7.54. The van der Waals surface area contributed by atoms with Crippen molar-refractivity contribution in [3.8, 4) is 17.2 Å². The van der Waals surface area contributed by atoms with Gasteiger partial charge in [-0.15, -0.1) is 0 Å². The molecule has 3 rings (SSSR count). The number of alkyl halides is 1. The minimum absolute atomic E-state index is 0.176. The highest BCUT2D eigenvalue weighted by molar-refractivity contribution is 9.09. The molecule has 0 unspecified atom stereocenters. The number of halogens is 1. The third-order valence-corrected chi connectivity index (χ3v) is 5.70. The third-order valence-electron chi connectivity index (χ3n) is 3.55. The number of hydrogen-bond acceptors (Lipinski definition) is 5. The van der Waals surface area contributed by atoms with Gasteiger partial charge in [-0.25, -0.2) is 4.57 Å². The summed E-state index contributed by atoms with van der Waals surface area (Å²) in [6.07, 6.45) is -0.557. The van der Waals surface area contributed by atoms with Crippen molar-refractivity contribution in [2.75, 3.05) is 11.9 Å². The predicted molar refractivity (Wildman–Crippen MR) is 112 cm³/mol. The lowest BCUT2D eigenvalue weighted by atomic mass is 10.3. The largest absolute Gasteiger partial charge is 0.587 e. The monoisotopic (exact) mass is 462 g/mol. The Morgan fingerprint density at radius 1 is 0.714 bits per heavy atom. The lowest BCUT2D eigenvalue weighted by molar-refractivity contribution is 0.111. The molecule has 0 radical (unpaired) electrons. The van der Waals surface area contributed by atoms with E-state index in [1.165, 1.54) is 0 Å².